The maximum atomic E-state index is 14.5. The lowest BCUT2D eigenvalue weighted by atomic mass is 9.57. The van der Waals surface area contributed by atoms with E-state index in [0.717, 1.165) is 68.9 Å². The van der Waals surface area contributed by atoms with Crippen molar-refractivity contribution in [2.24, 2.45) is 22.7 Å². The molecule has 11 nitrogen and oxygen atoms in total. The van der Waals surface area contributed by atoms with Crippen LogP contribution in [0.25, 0.3) is 0 Å². The molecule has 4 heterocycles. The largest absolute Gasteiger partial charge is 0.454 e. The summed E-state index contributed by atoms with van der Waals surface area (Å²) in [4.78, 5) is 47.8. The highest BCUT2D eigenvalue weighted by Gasteiger charge is 2.67. The minimum atomic E-state index is -1.31. The van der Waals surface area contributed by atoms with Crippen LogP contribution in [0, 0.1) is 22.7 Å². The summed E-state index contributed by atoms with van der Waals surface area (Å²) in [6.07, 6.45) is 11.8. The fraction of sp³-hybridized carbons (Fsp3) is 0.757. The zero-order chi connectivity index (χ0) is 33.6. The Hall–Kier alpha value is -3.05. The topological polar surface area (TPSA) is 133 Å². The molecule has 1 aromatic heterocycles. The molecule has 4 aliphatic carbocycles. The molecule has 1 aromatic rings. The molecule has 8 rings (SSSR count). The van der Waals surface area contributed by atoms with Crippen molar-refractivity contribution >= 4 is 17.9 Å². The number of carbonyl (C=O) groups excluding carboxylic acids is 3. The van der Waals surface area contributed by atoms with Gasteiger partial charge in [0.2, 0.25) is 0 Å². The predicted octanol–water partition coefficient (Wildman–Crippen LogP) is 4.44. The summed E-state index contributed by atoms with van der Waals surface area (Å²) in [5.41, 5.74) is 2.04. The molecule has 11 heteroatoms. The van der Waals surface area contributed by atoms with Gasteiger partial charge < -0.3 is 19.3 Å². The average molecular weight is 663 g/mol. The van der Waals surface area contributed by atoms with Gasteiger partial charge in [0, 0.05) is 6.54 Å². The Bertz CT molecular complexity index is 1590. The summed E-state index contributed by atoms with van der Waals surface area (Å²) in [6.45, 7) is 9.79. The number of allylic oxidation sites excluding steroid dienone is 2. The molecule has 260 valence electrons. The Balaban J connectivity index is 1.07. The normalized spacial score (nSPS) is 42.6. The van der Waals surface area contributed by atoms with Crippen LogP contribution in [-0.2, 0) is 35.1 Å². The van der Waals surface area contributed by atoms with E-state index in [-0.39, 0.29) is 35.9 Å². The first-order valence-corrected chi connectivity index (χ1v) is 18.2. The van der Waals surface area contributed by atoms with Crippen LogP contribution in [0.2, 0.25) is 0 Å². The Morgan fingerprint density at radius 3 is 2.23 bits per heavy atom. The molecular weight excluding hydrogens is 612 g/mol. The number of ether oxygens (including phenoxy) is 3. The van der Waals surface area contributed by atoms with E-state index >= 15 is 0 Å². The zero-order valence-electron chi connectivity index (χ0n) is 28.8. The van der Waals surface area contributed by atoms with Crippen molar-refractivity contribution in [3.8, 4) is 0 Å². The molecule has 1 N–H and O–H groups in total. The van der Waals surface area contributed by atoms with E-state index in [4.69, 9.17) is 14.2 Å². The third kappa shape index (κ3) is 4.69. The number of carbonyl (C=O) groups is 3. The van der Waals surface area contributed by atoms with E-state index in [1.54, 1.807) is 11.0 Å². The van der Waals surface area contributed by atoms with Crippen molar-refractivity contribution in [1.82, 2.24) is 19.7 Å². The summed E-state index contributed by atoms with van der Waals surface area (Å²) in [5.74, 6) is -2.64. The monoisotopic (exact) mass is 662 g/mol. The van der Waals surface area contributed by atoms with Crippen molar-refractivity contribution in [3.05, 3.63) is 34.9 Å². The summed E-state index contributed by atoms with van der Waals surface area (Å²) >= 11 is 0. The standard InChI is InChI=1S/C37H50N4O7/c1-22-8-5-11-34(3)13-15-36(45)24(31(42)46-29(36)27(22)34)18-40-17-7-10-26(40)33(44)48-37-16-14-35(4)12-6-9-23(2)28(35)30(37)47-32(43)25(37)19-41-21-38-20-39-41/h20-21,24-26,29-30,45H,5-19H2,1-4H3/t24?,25?,26?,29-,30-,34+,35+,36?,37?/m0/s1. The minimum Gasteiger partial charge on any atom is -0.454 e. The van der Waals surface area contributed by atoms with Gasteiger partial charge >= 0.3 is 17.9 Å². The molecule has 2 saturated carbocycles. The molecule has 3 aliphatic heterocycles. The molecule has 3 saturated heterocycles. The quantitative estimate of drug-likeness (QED) is 0.265. The minimum absolute atomic E-state index is 0.0595. The van der Waals surface area contributed by atoms with Crippen LogP contribution in [0.15, 0.2) is 34.9 Å². The first-order chi connectivity index (χ1) is 22.9. The second-order valence-corrected chi connectivity index (χ2v) is 16.6. The average Bonchev–Trinajstić information content (AvgIpc) is 3.82. The van der Waals surface area contributed by atoms with E-state index in [1.807, 2.05) is 4.90 Å². The van der Waals surface area contributed by atoms with Gasteiger partial charge in [-0.05, 0) is 119 Å². The van der Waals surface area contributed by atoms with Gasteiger partial charge in [0.1, 0.15) is 36.1 Å². The highest BCUT2D eigenvalue weighted by Crippen LogP contribution is 2.60. The summed E-state index contributed by atoms with van der Waals surface area (Å²) in [6, 6.07) is -0.600. The number of aromatic nitrogens is 3. The van der Waals surface area contributed by atoms with Gasteiger partial charge in [-0.25, -0.2) is 4.98 Å². The lowest BCUT2D eigenvalue weighted by Crippen LogP contribution is -2.58. The number of hydrogen-bond acceptors (Lipinski definition) is 10. The van der Waals surface area contributed by atoms with Crippen LogP contribution >= 0.6 is 0 Å². The van der Waals surface area contributed by atoms with Gasteiger partial charge in [0.15, 0.2) is 17.8 Å². The third-order valence-electron chi connectivity index (χ3n) is 13.8. The third-order valence-corrected chi connectivity index (χ3v) is 13.8. The molecular formula is C37H50N4O7. The molecule has 5 unspecified atom stereocenters. The number of rotatable bonds is 6. The van der Waals surface area contributed by atoms with Crippen LogP contribution < -0.4 is 0 Å². The van der Waals surface area contributed by atoms with Gasteiger partial charge in [-0.1, -0.05) is 25.0 Å². The second kappa shape index (κ2) is 11.2. The number of esters is 3. The van der Waals surface area contributed by atoms with E-state index < -0.39 is 47.3 Å². The second-order valence-electron chi connectivity index (χ2n) is 16.6. The molecule has 48 heavy (non-hydrogen) atoms. The molecule has 0 radical (unpaired) electrons. The maximum Gasteiger partial charge on any atom is 0.324 e. The molecule has 0 spiro atoms. The van der Waals surface area contributed by atoms with E-state index in [9.17, 15) is 19.5 Å². The number of likely N-dealkylation sites (tertiary alicyclic amines) is 1. The molecule has 0 amide bonds. The fourth-order valence-corrected chi connectivity index (χ4v) is 11.1. The highest BCUT2D eigenvalue weighted by molar-refractivity contribution is 5.82. The predicted molar refractivity (Wildman–Crippen MR) is 173 cm³/mol. The van der Waals surface area contributed by atoms with Crippen molar-refractivity contribution < 1.29 is 33.7 Å². The molecule has 0 bridgehead atoms. The number of nitrogens with zero attached hydrogens (tertiary/aromatic N) is 4. The summed E-state index contributed by atoms with van der Waals surface area (Å²) in [5, 5.41) is 16.5. The Kier molecular flexibility index (Phi) is 7.53. The van der Waals surface area contributed by atoms with Crippen LogP contribution in [0.1, 0.15) is 105 Å². The molecule has 9 atom stereocenters. The number of hydrogen-bond donors (Lipinski definition) is 1. The number of fused-ring (bicyclic) bond motifs is 6. The van der Waals surface area contributed by atoms with Crippen molar-refractivity contribution in [2.75, 3.05) is 13.1 Å². The van der Waals surface area contributed by atoms with Crippen molar-refractivity contribution in [1.29, 1.82) is 0 Å². The Morgan fingerprint density at radius 1 is 0.896 bits per heavy atom. The first kappa shape index (κ1) is 32.2. The van der Waals surface area contributed by atoms with Crippen molar-refractivity contribution in [2.45, 2.75) is 141 Å². The van der Waals surface area contributed by atoms with Gasteiger partial charge in [0.05, 0.1) is 6.54 Å². The van der Waals surface area contributed by atoms with Gasteiger partial charge in [-0.2, -0.15) is 5.10 Å². The fourth-order valence-electron chi connectivity index (χ4n) is 11.1. The first-order valence-electron chi connectivity index (χ1n) is 18.2. The van der Waals surface area contributed by atoms with E-state index in [1.165, 1.54) is 17.5 Å². The van der Waals surface area contributed by atoms with Gasteiger partial charge in [0.25, 0.3) is 0 Å². The van der Waals surface area contributed by atoms with Crippen LogP contribution in [0.3, 0.4) is 0 Å². The Labute approximate surface area is 282 Å². The van der Waals surface area contributed by atoms with Gasteiger partial charge in [-0.15, -0.1) is 0 Å². The van der Waals surface area contributed by atoms with Crippen LogP contribution in [0.4, 0.5) is 0 Å². The summed E-state index contributed by atoms with van der Waals surface area (Å²) in [7, 11) is 0. The van der Waals surface area contributed by atoms with E-state index in [0.29, 0.717) is 25.8 Å². The summed E-state index contributed by atoms with van der Waals surface area (Å²) < 4.78 is 20.6. The Morgan fingerprint density at radius 2 is 1.54 bits per heavy atom. The smallest absolute Gasteiger partial charge is 0.324 e. The molecule has 0 aromatic carbocycles. The van der Waals surface area contributed by atoms with Crippen LogP contribution in [-0.4, -0.2) is 85.2 Å². The van der Waals surface area contributed by atoms with Crippen LogP contribution in [0.5, 0.6) is 0 Å². The zero-order valence-corrected chi connectivity index (χ0v) is 28.8. The maximum absolute atomic E-state index is 14.5. The molecule has 5 fully saturated rings. The SMILES string of the molecule is CC1=C2[C@@H]3OC(=O)C(CN4CCCC4C(=O)OC45CC[C@@]6(C)CCCC(C)=C6[C@@H]4OC(=O)C5Cn4cncn4)C3(O)CC[C@@]2(C)CCC1. The molecule has 7 aliphatic rings. The van der Waals surface area contributed by atoms with Crippen molar-refractivity contribution in [3.63, 3.8) is 0 Å². The number of aliphatic hydroxyl groups is 1. The lowest BCUT2D eigenvalue weighted by Gasteiger charge is -2.51. The van der Waals surface area contributed by atoms with Gasteiger partial charge in [-0.3, -0.25) is 24.0 Å². The van der Waals surface area contributed by atoms with E-state index in [2.05, 4.69) is 37.8 Å². The lowest BCUT2D eigenvalue weighted by molar-refractivity contribution is -0.181. The highest BCUT2D eigenvalue weighted by atomic mass is 16.6.